The molecule has 32 heavy (non-hydrogen) atoms. The van der Waals surface area contributed by atoms with Gasteiger partial charge >= 0.3 is 0 Å². The van der Waals surface area contributed by atoms with E-state index in [1.807, 2.05) is 66.3 Å². The second-order valence-corrected chi connectivity index (χ2v) is 7.85. The number of imidazole rings is 1. The van der Waals surface area contributed by atoms with Crippen molar-refractivity contribution in [2.75, 3.05) is 18.5 Å². The van der Waals surface area contributed by atoms with E-state index in [4.69, 9.17) is 4.74 Å². The molecule has 162 valence electrons. The fraction of sp³-hybridized carbons (Fsp3) is 0.130. The first kappa shape index (κ1) is 21.3. The number of para-hydroxylation sites is 1. The fourth-order valence-electron chi connectivity index (χ4n) is 2.96. The topological polar surface area (TPSA) is 98.1 Å². The number of aryl methyl sites for hydroxylation is 1. The van der Waals surface area contributed by atoms with Gasteiger partial charge in [-0.2, -0.15) is 0 Å². The summed E-state index contributed by atoms with van der Waals surface area (Å²) >= 11 is 1.33. The van der Waals surface area contributed by atoms with Crippen molar-refractivity contribution < 1.29 is 14.3 Å². The molecule has 4 rings (SSSR count). The molecule has 2 heterocycles. The lowest BCUT2D eigenvalue weighted by Gasteiger charge is -2.07. The van der Waals surface area contributed by atoms with E-state index in [9.17, 15) is 9.59 Å². The van der Waals surface area contributed by atoms with Crippen LogP contribution >= 0.6 is 11.3 Å². The van der Waals surface area contributed by atoms with Crippen LogP contribution in [0.2, 0.25) is 0 Å². The van der Waals surface area contributed by atoms with Crippen molar-refractivity contribution >= 4 is 28.3 Å². The molecular weight excluding hydrogens is 426 g/mol. The predicted octanol–water partition coefficient (Wildman–Crippen LogP) is 3.34. The maximum Gasteiger partial charge on any atom is 0.258 e. The number of hydrogen-bond donors (Lipinski definition) is 2. The Bertz CT molecular complexity index is 1200. The van der Waals surface area contributed by atoms with E-state index in [1.54, 1.807) is 18.3 Å². The zero-order chi connectivity index (χ0) is 22.3. The van der Waals surface area contributed by atoms with E-state index in [2.05, 4.69) is 20.6 Å². The van der Waals surface area contributed by atoms with Crippen molar-refractivity contribution in [3.63, 3.8) is 0 Å². The monoisotopic (exact) mass is 447 g/mol. The van der Waals surface area contributed by atoms with E-state index < -0.39 is 0 Å². The van der Waals surface area contributed by atoms with Crippen molar-refractivity contribution in [3.05, 3.63) is 73.1 Å². The molecule has 0 aliphatic carbocycles. The summed E-state index contributed by atoms with van der Waals surface area (Å²) in [5, 5.41) is 5.74. The van der Waals surface area contributed by atoms with Crippen molar-refractivity contribution in [2.45, 2.75) is 0 Å². The number of carbonyl (C=O) groups excluding carboxylic acids is 2. The SMILES string of the molecule is Cn1ccnc1-c1sc(NC(=O)CNC(=O)COc2ccccc2)nc1-c1ccccc1. The van der Waals surface area contributed by atoms with Gasteiger partial charge in [0.1, 0.15) is 5.75 Å². The van der Waals surface area contributed by atoms with Crippen LogP contribution in [0.5, 0.6) is 5.75 Å². The first-order valence-electron chi connectivity index (χ1n) is 9.88. The van der Waals surface area contributed by atoms with E-state index >= 15 is 0 Å². The number of rotatable bonds is 8. The molecule has 2 aromatic carbocycles. The van der Waals surface area contributed by atoms with Crippen LogP contribution in [0.3, 0.4) is 0 Å². The molecule has 2 N–H and O–H groups in total. The zero-order valence-corrected chi connectivity index (χ0v) is 18.1. The van der Waals surface area contributed by atoms with Crippen LogP contribution < -0.4 is 15.4 Å². The van der Waals surface area contributed by atoms with Crippen LogP contribution in [-0.4, -0.2) is 39.5 Å². The van der Waals surface area contributed by atoms with Crippen LogP contribution in [0.4, 0.5) is 5.13 Å². The largest absolute Gasteiger partial charge is 0.484 e. The summed E-state index contributed by atoms with van der Waals surface area (Å²) in [6.45, 7) is -0.356. The van der Waals surface area contributed by atoms with Gasteiger partial charge in [0.2, 0.25) is 5.91 Å². The summed E-state index contributed by atoms with van der Waals surface area (Å²) in [6.07, 6.45) is 3.57. The average molecular weight is 448 g/mol. The summed E-state index contributed by atoms with van der Waals surface area (Å²) < 4.78 is 7.28. The Morgan fingerprint density at radius 3 is 2.44 bits per heavy atom. The molecule has 4 aromatic rings. The Labute approximate surface area is 188 Å². The van der Waals surface area contributed by atoms with E-state index in [0.29, 0.717) is 10.9 Å². The van der Waals surface area contributed by atoms with Gasteiger partial charge in [-0.25, -0.2) is 9.97 Å². The normalized spacial score (nSPS) is 10.5. The molecule has 9 heteroatoms. The number of amides is 2. The third-order valence-corrected chi connectivity index (χ3v) is 5.47. The Hall–Kier alpha value is -3.98. The number of nitrogens with zero attached hydrogens (tertiary/aromatic N) is 3. The van der Waals surface area contributed by atoms with Gasteiger partial charge in [0.25, 0.3) is 5.91 Å². The molecule has 0 spiro atoms. The molecule has 0 aliphatic heterocycles. The van der Waals surface area contributed by atoms with Crippen molar-refractivity contribution in [3.8, 4) is 27.7 Å². The van der Waals surface area contributed by atoms with Gasteiger partial charge in [0.05, 0.1) is 17.1 Å². The number of ether oxygens (including phenoxy) is 1. The van der Waals surface area contributed by atoms with Crippen LogP contribution in [-0.2, 0) is 16.6 Å². The average Bonchev–Trinajstić information content (AvgIpc) is 3.43. The highest BCUT2D eigenvalue weighted by atomic mass is 32.1. The summed E-state index contributed by atoms with van der Waals surface area (Å²) in [6, 6.07) is 18.7. The number of nitrogens with one attached hydrogen (secondary N) is 2. The summed E-state index contributed by atoms with van der Waals surface area (Å²) in [5.41, 5.74) is 1.66. The molecular formula is C23H21N5O3S. The first-order chi connectivity index (χ1) is 15.6. The van der Waals surface area contributed by atoms with Gasteiger partial charge in [0, 0.05) is 25.0 Å². The summed E-state index contributed by atoms with van der Waals surface area (Å²) in [5.74, 6) is 0.581. The maximum atomic E-state index is 12.4. The van der Waals surface area contributed by atoms with Gasteiger partial charge < -0.3 is 19.9 Å². The van der Waals surface area contributed by atoms with Crippen LogP contribution in [0.15, 0.2) is 73.1 Å². The smallest absolute Gasteiger partial charge is 0.258 e. The van der Waals surface area contributed by atoms with Gasteiger partial charge in [-0.1, -0.05) is 59.9 Å². The molecule has 0 unspecified atom stereocenters. The molecule has 0 aliphatic rings. The second-order valence-electron chi connectivity index (χ2n) is 6.85. The number of hydrogen-bond acceptors (Lipinski definition) is 6. The third kappa shape index (κ3) is 5.19. The molecule has 0 atom stereocenters. The van der Waals surface area contributed by atoms with E-state index in [-0.39, 0.29) is 25.0 Å². The number of carbonyl (C=O) groups is 2. The summed E-state index contributed by atoms with van der Waals surface area (Å²) in [4.78, 5) is 34.2. The molecule has 0 bridgehead atoms. The van der Waals surface area contributed by atoms with Crippen LogP contribution in [0, 0.1) is 0 Å². The minimum absolute atomic E-state index is 0.171. The van der Waals surface area contributed by atoms with Gasteiger partial charge in [-0.3, -0.25) is 9.59 Å². The highest BCUT2D eigenvalue weighted by molar-refractivity contribution is 7.19. The first-order valence-corrected chi connectivity index (χ1v) is 10.7. The Morgan fingerprint density at radius 2 is 1.75 bits per heavy atom. The Morgan fingerprint density at radius 1 is 1.03 bits per heavy atom. The summed E-state index contributed by atoms with van der Waals surface area (Å²) in [7, 11) is 1.90. The quantitative estimate of drug-likeness (QED) is 0.432. The third-order valence-electron chi connectivity index (χ3n) is 4.50. The minimum Gasteiger partial charge on any atom is -0.484 e. The lowest BCUT2D eigenvalue weighted by atomic mass is 10.1. The zero-order valence-electron chi connectivity index (χ0n) is 17.3. The molecule has 0 fully saturated rings. The van der Waals surface area contributed by atoms with Gasteiger partial charge in [-0.05, 0) is 12.1 Å². The van der Waals surface area contributed by atoms with Crippen LogP contribution in [0.1, 0.15) is 0 Å². The molecule has 2 aromatic heterocycles. The molecule has 0 saturated heterocycles. The van der Waals surface area contributed by atoms with E-state index in [1.165, 1.54) is 11.3 Å². The second kappa shape index (κ2) is 9.88. The van der Waals surface area contributed by atoms with Crippen molar-refractivity contribution in [1.29, 1.82) is 0 Å². The highest BCUT2D eigenvalue weighted by Gasteiger charge is 2.19. The van der Waals surface area contributed by atoms with Crippen molar-refractivity contribution in [2.24, 2.45) is 7.05 Å². The minimum atomic E-state index is -0.387. The standard InChI is InChI=1S/C23H21N5O3S/c1-28-13-12-24-22(28)21-20(16-8-4-2-5-9-16)27-23(32-21)26-18(29)14-25-19(30)15-31-17-10-6-3-7-11-17/h2-13H,14-15H2,1H3,(H,25,30)(H,26,27,29). The molecule has 0 saturated carbocycles. The lowest BCUT2D eigenvalue weighted by molar-refractivity contribution is -0.125. The fourth-order valence-corrected chi connectivity index (χ4v) is 4.00. The highest BCUT2D eigenvalue weighted by Crippen LogP contribution is 2.37. The Balaban J connectivity index is 1.40. The van der Waals surface area contributed by atoms with Gasteiger partial charge in [-0.15, -0.1) is 0 Å². The molecule has 2 amide bonds. The molecule has 0 radical (unpaired) electrons. The predicted molar refractivity (Wildman–Crippen MR) is 123 cm³/mol. The van der Waals surface area contributed by atoms with Crippen molar-refractivity contribution in [1.82, 2.24) is 19.9 Å². The number of anilines is 1. The number of thiazole rings is 1. The Kier molecular flexibility index (Phi) is 6.57. The molecule has 8 nitrogen and oxygen atoms in total. The lowest BCUT2D eigenvalue weighted by Crippen LogP contribution is -2.35. The van der Waals surface area contributed by atoms with E-state index in [0.717, 1.165) is 22.0 Å². The number of aromatic nitrogens is 3. The van der Waals surface area contributed by atoms with Crippen LogP contribution in [0.25, 0.3) is 22.0 Å². The maximum absolute atomic E-state index is 12.4. The van der Waals surface area contributed by atoms with Gasteiger partial charge in [0.15, 0.2) is 17.6 Å². The number of benzene rings is 2.